The van der Waals surface area contributed by atoms with E-state index in [4.69, 9.17) is 14.2 Å². The minimum absolute atomic E-state index is 0.00499. The second-order valence-corrected chi connectivity index (χ2v) is 30.3. The second-order valence-electron chi connectivity index (χ2n) is 29.7. The standard InChI is InChI=1S/2C25H30F2N4O2.C18H24F2N4O2.C7H7Br/c1-24(2,3)20(28-23(32)33-25(4,5)6)21-29-22(18-14-17(26)12-13-19(18)27)31(30-21)15-16-10-8-7-9-11-16;1-24(2,3)20(28-23(32)33-25(4,5)6)22-29-21(18-14-17(26)12-13-19(18)27)30-31(22)15-16-10-8-7-9-11-16;1-17(2,3)13(21-16(25)26-18(4,5)6)15-22-14(23-24-15)11-9-10(19)7-8-12(11)20;8-6-7-4-2-1-3-5-7/h2*7-14,20H,15H2,1-6H3,(H,28,32);7-9,13H,1-6H3,(H,21,25)(H,22,23,24);1-5H,6H2/t2*20-;13-;/m000./s1. The second kappa shape index (κ2) is 33.6. The van der Waals surface area contributed by atoms with Crippen LogP contribution in [-0.4, -0.2) is 79.8 Å². The Kier molecular flexibility index (Phi) is 26.8. The van der Waals surface area contributed by atoms with Crippen molar-refractivity contribution in [2.24, 2.45) is 16.2 Å². The fraction of sp³-hybridized carbons (Fsp3) is 0.400. The number of rotatable bonds is 14. The minimum Gasteiger partial charge on any atom is -0.444 e. The molecule has 0 bridgehead atoms. The van der Waals surface area contributed by atoms with E-state index in [0.29, 0.717) is 24.7 Å². The van der Waals surface area contributed by atoms with Crippen LogP contribution in [0.1, 0.15) is 177 Å². The molecule has 0 saturated carbocycles. The number of carbonyl (C=O) groups is 3. The highest BCUT2D eigenvalue weighted by molar-refractivity contribution is 9.08. The van der Waals surface area contributed by atoms with E-state index in [9.17, 15) is 40.7 Å². The Morgan fingerprint density at radius 2 is 0.810 bits per heavy atom. The van der Waals surface area contributed by atoms with Gasteiger partial charge in [0, 0.05) is 5.33 Å². The molecular weight excluding hydrogens is 1360 g/mol. The number of amides is 3. The van der Waals surface area contributed by atoms with Gasteiger partial charge in [0.05, 0.1) is 47.9 Å². The monoisotopic (exact) mass is 1450 g/mol. The van der Waals surface area contributed by atoms with Crippen LogP contribution >= 0.6 is 15.9 Å². The first-order chi connectivity index (χ1) is 46.5. The summed E-state index contributed by atoms with van der Waals surface area (Å²) in [6.45, 7) is 33.9. The topological polar surface area (TPSA) is 218 Å². The summed E-state index contributed by atoms with van der Waals surface area (Å²) in [7, 11) is 0. The van der Waals surface area contributed by atoms with Gasteiger partial charge in [0.1, 0.15) is 57.5 Å². The average molecular weight is 1450 g/mol. The Bertz CT molecular complexity index is 4150. The van der Waals surface area contributed by atoms with E-state index in [1.807, 2.05) is 141 Å². The number of nitrogens with one attached hydrogen (secondary N) is 4. The molecular formula is C75H91BrF6N12O6. The molecule has 0 unspecified atom stereocenters. The highest BCUT2D eigenvalue weighted by Gasteiger charge is 2.37. The van der Waals surface area contributed by atoms with E-state index in [-0.39, 0.29) is 40.0 Å². The first-order valence-corrected chi connectivity index (χ1v) is 33.4. The third-order valence-electron chi connectivity index (χ3n) is 14.1. The van der Waals surface area contributed by atoms with Crippen LogP contribution in [0.4, 0.5) is 40.7 Å². The van der Waals surface area contributed by atoms with Gasteiger partial charge >= 0.3 is 18.3 Å². The van der Waals surface area contributed by atoms with Crippen molar-refractivity contribution in [2.75, 3.05) is 0 Å². The van der Waals surface area contributed by atoms with Gasteiger partial charge < -0.3 is 30.2 Å². The maximum absolute atomic E-state index is 14.7. The smallest absolute Gasteiger partial charge is 0.408 e. The van der Waals surface area contributed by atoms with Crippen LogP contribution in [0.25, 0.3) is 34.2 Å². The molecule has 3 heterocycles. The van der Waals surface area contributed by atoms with Crippen LogP contribution in [0.15, 0.2) is 146 Å². The lowest BCUT2D eigenvalue weighted by molar-refractivity contribution is 0.0446. The Labute approximate surface area is 590 Å². The van der Waals surface area contributed by atoms with Crippen molar-refractivity contribution < 1.29 is 54.9 Å². The van der Waals surface area contributed by atoms with Gasteiger partial charge in [0.2, 0.25) is 0 Å². The lowest BCUT2D eigenvalue weighted by Crippen LogP contribution is -2.41. The Morgan fingerprint density at radius 1 is 0.440 bits per heavy atom. The van der Waals surface area contributed by atoms with Crippen molar-refractivity contribution in [1.82, 2.24) is 60.7 Å². The highest BCUT2D eigenvalue weighted by Crippen LogP contribution is 2.37. The van der Waals surface area contributed by atoms with Gasteiger partial charge in [-0.05, 0) is 150 Å². The average Bonchev–Trinajstić information content (AvgIpc) is 1.64. The molecule has 0 aliphatic heterocycles. The summed E-state index contributed by atoms with van der Waals surface area (Å²) in [5.74, 6) is -2.41. The van der Waals surface area contributed by atoms with E-state index in [1.165, 1.54) is 10.2 Å². The van der Waals surface area contributed by atoms with Crippen molar-refractivity contribution in [3.8, 4) is 34.2 Å². The molecule has 0 spiro atoms. The van der Waals surface area contributed by atoms with E-state index < -0.39 is 104 Å². The highest BCUT2D eigenvalue weighted by atomic mass is 79.9. The molecule has 4 N–H and O–H groups in total. The number of hydrogen-bond acceptors (Lipinski definition) is 12. The third kappa shape index (κ3) is 24.8. The lowest BCUT2D eigenvalue weighted by Gasteiger charge is -2.31. The number of benzene rings is 6. The normalized spacial score (nSPS) is 12.8. The maximum atomic E-state index is 14.7. The van der Waals surface area contributed by atoms with E-state index >= 15 is 0 Å². The van der Waals surface area contributed by atoms with Crippen LogP contribution in [0.2, 0.25) is 0 Å². The van der Waals surface area contributed by atoms with E-state index in [0.717, 1.165) is 71.1 Å². The number of alkyl carbamates (subject to hydrolysis) is 3. The number of H-pyrrole nitrogens is 1. The summed E-state index contributed by atoms with van der Waals surface area (Å²) < 4.78 is 104. The van der Waals surface area contributed by atoms with Gasteiger partial charge in [-0.2, -0.15) is 15.3 Å². The van der Waals surface area contributed by atoms with Gasteiger partial charge in [0.15, 0.2) is 29.1 Å². The first-order valence-electron chi connectivity index (χ1n) is 32.3. The maximum Gasteiger partial charge on any atom is 0.408 e. The molecule has 25 heteroatoms. The molecule has 9 aromatic rings. The van der Waals surface area contributed by atoms with Crippen LogP contribution in [0, 0.1) is 51.1 Å². The van der Waals surface area contributed by atoms with Gasteiger partial charge in [-0.1, -0.05) is 169 Å². The van der Waals surface area contributed by atoms with E-state index in [2.05, 4.69) is 79.4 Å². The van der Waals surface area contributed by atoms with Gasteiger partial charge in [-0.3, -0.25) is 5.10 Å². The molecule has 0 aliphatic carbocycles. The Balaban J connectivity index is 0.000000224. The predicted molar refractivity (Wildman–Crippen MR) is 377 cm³/mol. The van der Waals surface area contributed by atoms with Crippen molar-refractivity contribution >= 4 is 34.2 Å². The fourth-order valence-electron chi connectivity index (χ4n) is 9.51. The van der Waals surface area contributed by atoms with Gasteiger partial charge in [-0.25, -0.2) is 65.0 Å². The zero-order valence-corrected chi connectivity index (χ0v) is 61.5. The summed E-state index contributed by atoms with van der Waals surface area (Å²) in [6, 6.07) is 36.9. The van der Waals surface area contributed by atoms with Crippen LogP contribution in [0.5, 0.6) is 0 Å². The molecule has 18 nitrogen and oxygen atoms in total. The third-order valence-corrected chi connectivity index (χ3v) is 14.8. The van der Waals surface area contributed by atoms with Crippen LogP contribution in [-0.2, 0) is 32.6 Å². The van der Waals surface area contributed by atoms with Gasteiger partial charge in [-0.15, -0.1) is 0 Å². The number of aromatic amines is 1. The van der Waals surface area contributed by atoms with Crippen molar-refractivity contribution in [3.05, 3.63) is 215 Å². The molecule has 100 heavy (non-hydrogen) atoms. The molecule has 3 atom stereocenters. The number of ether oxygens (including phenoxy) is 3. The fourth-order valence-corrected chi connectivity index (χ4v) is 9.88. The van der Waals surface area contributed by atoms with Gasteiger partial charge in [0.25, 0.3) is 0 Å². The minimum atomic E-state index is -0.680. The number of halogens is 7. The number of alkyl halides is 1. The summed E-state index contributed by atoms with van der Waals surface area (Å²) in [6.07, 6.45) is -1.82. The predicted octanol–water partition coefficient (Wildman–Crippen LogP) is 18.7. The molecule has 0 saturated heterocycles. The largest absolute Gasteiger partial charge is 0.444 e. The number of nitrogens with zero attached hydrogens (tertiary/aromatic N) is 8. The Morgan fingerprint density at radius 3 is 1.21 bits per heavy atom. The quantitative estimate of drug-likeness (QED) is 0.0454. The van der Waals surface area contributed by atoms with Crippen molar-refractivity contribution in [3.63, 3.8) is 0 Å². The molecule has 3 aromatic heterocycles. The molecule has 0 radical (unpaired) electrons. The molecule has 6 aromatic carbocycles. The summed E-state index contributed by atoms with van der Waals surface area (Å²) in [5.41, 5.74) is -0.351. The van der Waals surface area contributed by atoms with Crippen LogP contribution in [0.3, 0.4) is 0 Å². The number of carbonyl (C=O) groups excluding carboxylic acids is 3. The number of aromatic nitrogens is 9. The molecule has 0 fully saturated rings. The molecule has 9 rings (SSSR count). The zero-order chi connectivity index (χ0) is 74.3. The molecule has 3 amide bonds. The summed E-state index contributed by atoms with van der Waals surface area (Å²) in [5, 5.41) is 25.2. The molecule has 0 aliphatic rings. The zero-order valence-electron chi connectivity index (χ0n) is 59.9. The van der Waals surface area contributed by atoms with Crippen molar-refractivity contribution in [2.45, 2.75) is 178 Å². The van der Waals surface area contributed by atoms with Crippen LogP contribution < -0.4 is 16.0 Å². The Hall–Kier alpha value is -9.39. The molecule has 536 valence electrons. The lowest BCUT2D eigenvalue weighted by atomic mass is 9.86. The SMILES string of the molecule is BrCc1ccccc1.CC(C)(C)OC(=O)N[C@@H](c1nc(-c2cc(F)ccc2F)n(Cc2ccccc2)n1)C(C)(C)C.CC(C)(C)OC(=O)N[C@@H](c1nc(-c2cc(F)ccc2F)n[nH]1)C(C)(C)C.CC(C)(C)OC(=O)N[C@@H](c1nc(-c2cc(F)ccc2F)nn1Cc1ccccc1)C(C)(C)C. The first kappa shape index (κ1) is 79.6. The summed E-state index contributed by atoms with van der Waals surface area (Å²) in [4.78, 5) is 50.7. The number of hydrogen-bond donors (Lipinski definition) is 4. The van der Waals surface area contributed by atoms with Crippen molar-refractivity contribution in [1.29, 1.82) is 0 Å². The van der Waals surface area contributed by atoms with E-state index in [1.54, 1.807) is 67.0 Å². The summed E-state index contributed by atoms with van der Waals surface area (Å²) >= 11 is 3.36.